The molecule has 0 aliphatic carbocycles. The Labute approximate surface area is 113 Å². The molecule has 0 spiro atoms. The van der Waals surface area contributed by atoms with E-state index in [9.17, 15) is 0 Å². The van der Waals surface area contributed by atoms with Gasteiger partial charge < -0.3 is 10.2 Å². The molecule has 19 heavy (non-hydrogen) atoms. The lowest BCUT2D eigenvalue weighted by Crippen LogP contribution is -2.39. The fourth-order valence-corrected chi connectivity index (χ4v) is 2.56. The van der Waals surface area contributed by atoms with Crippen LogP contribution in [0.1, 0.15) is 12.8 Å². The van der Waals surface area contributed by atoms with Crippen molar-refractivity contribution in [2.24, 2.45) is 0 Å². The number of piperidine rings is 1. The Morgan fingerprint density at radius 1 is 1.16 bits per heavy atom. The minimum absolute atomic E-state index is 0.549. The van der Waals surface area contributed by atoms with Gasteiger partial charge in [-0.1, -0.05) is 0 Å². The molecular weight excluding hydrogens is 238 g/mol. The van der Waals surface area contributed by atoms with Gasteiger partial charge in [0.25, 0.3) is 0 Å². The van der Waals surface area contributed by atoms with Crippen LogP contribution in [0, 0.1) is 0 Å². The van der Waals surface area contributed by atoms with E-state index >= 15 is 0 Å². The summed E-state index contributed by atoms with van der Waals surface area (Å²) in [5.41, 5.74) is 2.15. The molecule has 1 atom stereocenters. The number of nitrogens with zero attached hydrogens (tertiary/aromatic N) is 4. The Hall–Kier alpha value is -1.88. The number of benzene rings is 1. The van der Waals surface area contributed by atoms with E-state index < -0.39 is 0 Å². The first-order valence-corrected chi connectivity index (χ1v) is 6.73. The van der Waals surface area contributed by atoms with Crippen molar-refractivity contribution in [1.29, 1.82) is 0 Å². The number of likely N-dealkylation sites (tertiary alicyclic amines) is 1. The van der Waals surface area contributed by atoms with Crippen molar-refractivity contribution in [2.75, 3.05) is 25.5 Å². The molecule has 3 rings (SSSR count). The molecule has 1 aromatic heterocycles. The van der Waals surface area contributed by atoms with E-state index in [4.69, 9.17) is 0 Å². The zero-order chi connectivity index (χ0) is 13.1. The maximum absolute atomic E-state index is 4.12. The number of hydrogen-bond donors (Lipinski definition) is 1. The Morgan fingerprint density at radius 2 is 1.89 bits per heavy atom. The van der Waals surface area contributed by atoms with Crippen LogP contribution in [0.4, 0.5) is 5.69 Å². The molecule has 1 aliphatic rings. The van der Waals surface area contributed by atoms with E-state index in [1.54, 1.807) is 17.2 Å². The highest BCUT2D eigenvalue weighted by Gasteiger charge is 2.16. The van der Waals surface area contributed by atoms with Gasteiger partial charge in [0.1, 0.15) is 0 Å². The number of anilines is 1. The number of nitrogens with one attached hydrogen (secondary N) is 1. The summed E-state index contributed by atoms with van der Waals surface area (Å²) in [5.74, 6) is 0. The molecule has 1 saturated heterocycles. The summed E-state index contributed by atoms with van der Waals surface area (Å²) >= 11 is 0. The highest BCUT2D eigenvalue weighted by atomic mass is 15.5. The van der Waals surface area contributed by atoms with Gasteiger partial charge in [0.2, 0.25) is 0 Å². The second kappa shape index (κ2) is 5.40. The fraction of sp³-hybridized carbons (Fsp3) is 0.429. The van der Waals surface area contributed by atoms with Gasteiger partial charge in [-0.3, -0.25) is 0 Å². The van der Waals surface area contributed by atoms with Gasteiger partial charge in [0.15, 0.2) is 0 Å². The lowest BCUT2D eigenvalue weighted by molar-refractivity contribution is 0.261. The zero-order valence-corrected chi connectivity index (χ0v) is 11.2. The van der Waals surface area contributed by atoms with Gasteiger partial charge in [-0.2, -0.15) is 15.0 Å². The summed E-state index contributed by atoms with van der Waals surface area (Å²) in [7, 11) is 2.18. The summed E-state index contributed by atoms with van der Waals surface area (Å²) in [4.78, 5) is 4.00. The molecular formula is C14H19N5. The van der Waals surface area contributed by atoms with Gasteiger partial charge in [0.05, 0.1) is 18.1 Å². The van der Waals surface area contributed by atoms with Crippen LogP contribution in [-0.4, -0.2) is 46.1 Å². The predicted molar refractivity (Wildman–Crippen MR) is 75.5 cm³/mol. The van der Waals surface area contributed by atoms with E-state index in [0.717, 1.165) is 17.9 Å². The van der Waals surface area contributed by atoms with Gasteiger partial charge >= 0.3 is 0 Å². The van der Waals surface area contributed by atoms with E-state index in [2.05, 4.69) is 39.6 Å². The Morgan fingerprint density at radius 3 is 2.58 bits per heavy atom. The van der Waals surface area contributed by atoms with Gasteiger partial charge in [-0.05, 0) is 50.7 Å². The molecule has 2 heterocycles. The predicted octanol–water partition coefficient (Wildman–Crippen LogP) is 1.77. The molecule has 0 bridgehead atoms. The summed E-state index contributed by atoms with van der Waals surface area (Å²) < 4.78 is 0. The minimum atomic E-state index is 0.549. The summed E-state index contributed by atoms with van der Waals surface area (Å²) in [6, 6.07) is 8.80. The first-order valence-electron chi connectivity index (χ1n) is 6.73. The largest absolute Gasteiger partial charge is 0.381 e. The Kier molecular flexibility index (Phi) is 3.46. The number of aromatic nitrogens is 3. The van der Waals surface area contributed by atoms with Gasteiger partial charge in [0, 0.05) is 18.3 Å². The number of hydrogen-bond acceptors (Lipinski definition) is 4. The number of rotatable bonds is 3. The van der Waals surface area contributed by atoms with Crippen molar-refractivity contribution < 1.29 is 0 Å². The average molecular weight is 257 g/mol. The van der Waals surface area contributed by atoms with Crippen LogP contribution in [0.3, 0.4) is 0 Å². The monoisotopic (exact) mass is 257 g/mol. The molecule has 1 N–H and O–H groups in total. The maximum atomic E-state index is 4.12. The summed E-state index contributed by atoms with van der Waals surface area (Å²) in [6.45, 7) is 2.32. The lowest BCUT2D eigenvalue weighted by atomic mass is 10.1. The van der Waals surface area contributed by atoms with Crippen molar-refractivity contribution in [1.82, 2.24) is 19.9 Å². The molecule has 1 fully saturated rings. The number of likely N-dealkylation sites (N-methyl/N-ethyl adjacent to an activating group) is 1. The topological polar surface area (TPSA) is 46.0 Å². The Bertz CT molecular complexity index is 505. The van der Waals surface area contributed by atoms with Crippen molar-refractivity contribution in [2.45, 2.75) is 18.9 Å². The average Bonchev–Trinajstić information content (AvgIpc) is 2.94. The molecule has 1 aliphatic heterocycles. The van der Waals surface area contributed by atoms with Crippen molar-refractivity contribution >= 4 is 5.69 Å². The van der Waals surface area contributed by atoms with Crippen LogP contribution in [0.25, 0.3) is 5.69 Å². The van der Waals surface area contributed by atoms with Crippen LogP contribution >= 0.6 is 0 Å². The molecule has 0 saturated carbocycles. The second-order valence-electron chi connectivity index (χ2n) is 5.11. The van der Waals surface area contributed by atoms with E-state index in [1.807, 2.05) is 12.1 Å². The molecule has 2 aromatic rings. The third-order valence-corrected chi connectivity index (χ3v) is 3.51. The third-order valence-electron chi connectivity index (χ3n) is 3.51. The van der Waals surface area contributed by atoms with Crippen LogP contribution in [0.15, 0.2) is 36.7 Å². The first-order chi connectivity index (χ1) is 9.31. The lowest BCUT2D eigenvalue weighted by Gasteiger charge is -2.30. The normalized spacial score (nSPS) is 20.4. The van der Waals surface area contributed by atoms with Crippen LogP contribution in [0.2, 0.25) is 0 Å². The summed E-state index contributed by atoms with van der Waals surface area (Å²) in [6.07, 6.45) is 5.88. The van der Waals surface area contributed by atoms with Crippen molar-refractivity contribution in [3.05, 3.63) is 36.7 Å². The van der Waals surface area contributed by atoms with Crippen LogP contribution < -0.4 is 5.32 Å². The summed E-state index contributed by atoms with van der Waals surface area (Å²) in [5, 5.41) is 11.8. The van der Waals surface area contributed by atoms with Gasteiger partial charge in [-0.15, -0.1) is 0 Å². The molecule has 0 radical (unpaired) electrons. The molecule has 5 nitrogen and oxygen atoms in total. The highest BCUT2D eigenvalue weighted by molar-refractivity contribution is 5.48. The van der Waals surface area contributed by atoms with E-state index in [-0.39, 0.29) is 0 Å². The second-order valence-corrected chi connectivity index (χ2v) is 5.11. The minimum Gasteiger partial charge on any atom is -0.381 e. The fourth-order valence-electron chi connectivity index (χ4n) is 2.56. The zero-order valence-electron chi connectivity index (χ0n) is 11.2. The van der Waals surface area contributed by atoms with E-state index in [1.165, 1.54) is 19.4 Å². The smallest absolute Gasteiger partial charge is 0.0858 e. The standard InChI is InChI=1S/C14H19N5/c1-18-10-2-3-13(11-18)17-12-4-6-14(7-5-12)19-15-8-9-16-19/h4-9,13,17H,2-3,10-11H2,1H3. The first kappa shape index (κ1) is 12.2. The van der Waals surface area contributed by atoms with Crippen molar-refractivity contribution in [3.63, 3.8) is 0 Å². The third kappa shape index (κ3) is 2.93. The van der Waals surface area contributed by atoms with E-state index in [0.29, 0.717) is 6.04 Å². The molecule has 5 heteroatoms. The molecule has 1 unspecified atom stereocenters. The SMILES string of the molecule is CN1CCCC(Nc2ccc(-n3nccn3)cc2)C1. The van der Waals surface area contributed by atoms with Gasteiger partial charge in [-0.25, -0.2) is 0 Å². The van der Waals surface area contributed by atoms with Crippen LogP contribution in [-0.2, 0) is 0 Å². The molecule has 100 valence electrons. The Balaban J connectivity index is 1.66. The molecule has 1 aromatic carbocycles. The van der Waals surface area contributed by atoms with Crippen LogP contribution in [0.5, 0.6) is 0 Å². The maximum Gasteiger partial charge on any atom is 0.0858 e. The quantitative estimate of drug-likeness (QED) is 0.910. The highest BCUT2D eigenvalue weighted by Crippen LogP contribution is 2.16. The molecule has 0 amide bonds. The van der Waals surface area contributed by atoms with Crippen molar-refractivity contribution in [3.8, 4) is 5.69 Å².